The maximum absolute atomic E-state index is 12.7. The van der Waals surface area contributed by atoms with Crippen LogP contribution in [0.1, 0.15) is 24.8 Å². The summed E-state index contributed by atoms with van der Waals surface area (Å²) in [6.07, 6.45) is 7.21. The molecule has 134 valence electrons. The number of piperazine rings is 1. The van der Waals surface area contributed by atoms with Crippen molar-refractivity contribution >= 4 is 12.0 Å². The summed E-state index contributed by atoms with van der Waals surface area (Å²) in [7, 11) is 0. The molecule has 0 radical (unpaired) electrons. The molecule has 0 saturated carbocycles. The largest absolute Gasteiger partial charge is 0.483 e. The minimum absolute atomic E-state index is 0.252. The van der Waals surface area contributed by atoms with Crippen LogP contribution in [0.15, 0.2) is 30.3 Å². The van der Waals surface area contributed by atoms with Crippen molar-refractivity contribution in [3.63, 3.8) is 0 Å². The van der Waals surface area contributed by atoms with Crippen LogP contribution < -0.4 is 10.1 Å². The summed E-state index contributed by atoms with van der Waals surface area (Å²) in [6.45, 7) is 6.05. The number of likely N-dealkylation sites (tertiary alicyclic amines) is 1. The van der Waals surface area contributed by atoms with E-state index in [-0.39, 0.29) is 11.5 Å². The minimum Gasteiger partial charge on any atom is -0.483 e. The van der Waals surface area contributed by atoms with Gasteiger partial charge >= 0.3 is 0 Å². The zero-order chi connectivity index (χ0) is 17.1. The Bertz CT molecular complexity index is 654. The Hall–Kier alpha value is -1.85. The molecule has 5 heteroatoms. The molecule has 1 aromatic carbocycles. The van der Waals surface area contributed by atoms with Crippen LogP contribution in [0.25, 0.3) is 6.08 Å². The Morgan fingerprint density at radius 3 is 2.84 bits per heavy atom. The van der Waals surface area contributed by atoms with E-state index in [1.807, 2.05) is 23.1 Å². The summed E-state index contributed by atoms with van der Waals surface area (Å²) >= 11 is 0. The molecule has 0 unspecified atom stereocenters. The minimum atomic E-state index is -0.252. The molecule has 2 fully saturated rings. The molecule has 0 aliphatic carbocycles. The van der Waals surface area contributed by atoms with Crippen LogP contribution in [0.3, 0.4) is 0 Å². The van der Waals surface area contributed by atoms with E-state index in [1.54, 1.807) is 0 Å². The fraction of sp³-hybridized carbons (Fsp3) is 0.550. The average molecular weight is 341 g/mol. The van der Waals surface area contributed by atoms with Crippen LogP contribution in [0.5, 0.6) is 5.75 Å². The van der Waals surface area contributed by atoms with Gasteiger partial charge in [0.2, 0.25) is 5.91 Å². The van der Waals surface area contributed by atoms with Gasteiger partial charge in [-0.05, 0) is 25.0 Å². The van der Waals surface area contributed by atoms with Gasteiger partial charge in [-0.2, -0.15) is 0 Å². The number of hydrogen-bond acceptors (Lipinski definition) is 4. The van der Waals surface area contributed by atoms with Crippen LogP contribution in [-0.2, 0) is 4.79 Å². The lowest BCUT2D eigenvalue weighted by Crippen LogP contribution is -2.48. The number of amides is 1. The van der Waals surface area contributed by atoms with Crippen molar-refractivity contribution in [3.8, 4) is 5.75 Å². The molecule has 1 spiro atoms. The molecule has 2 saturated heterocycles. The second kappa shape index (κ2) is 7.18. The van der Waals surface area contributed by atoms with Crippen molar-refractivity contribution in [1.82, 2.24) is 15.1 Å². The normalized spacial score (nSPS) is 26.8. The maximum atomic E-state index is 12.7. The molecule has 0 aromatic heterocycles. The number of benzene rings is 1. The Kier molecular flexibility index (Phi) is 4.77. The van der Waals surface area contributed by atoms with Crippen molar-refractivity contribution in [1.29, 1.82) is 0 Å². The highest BCUT2D eigenvalue weighted by Crippen LogP contribution is 2.36. The highest BCUT2D eigenvalue weighted by molar-refractivity contribution is 5.78. The van der Waals surface area contributed by atoms with Crippen LogP contribution in [0, 0.1) is 0 Å². The van der Waals surface area contributed by atoms with Gasteiger partial charge in [-0.1, -0.05) is 24.3 Å². The average Bonchev–Trinajstić information content (AvgIpc) is 2.85. The van der Waals surface area contributed by atoms with Crippen LogP contribution in [-0.4, -0.2) is 67.1 Å². The van der Waals surface area contributed by atoms with E-state index in [4.69, 9.17) is 4.74 Å². The molecule has 1 atom stereocenters. The Balaban J connectivity index is 1.38. The highest BCUT2D eigenvalue weighted by Gasteiger charge is 2.35. The van der Waals surface area contributed by atoms with E-state index in [9.17, 15) is 4.79 Å². The third kappa shape index (κ3) is 3.72. The molecule has 3 heterocycles. The van der Waals surface area contributed by atoms with Gasteiger partial charge in [0.25, 0.3) is 0 Å². The lowest BCUT2D eigenvalue weighted by molar-refractivity contribution is -0.132. The first kappa shape index (κ1) is 16.6. The molecule has 5 nitrogen and oxygen atoms in total. The number of nitrogens with zero attached hydrogens (tertiary/aromatic N) is 2. The van der Waals surface area contributed by atoms with Crippen LogP contribution in [0.4, 0.5) is 0 Å². The topological polar surface area (TPSA) is 44.8 Å². The second-order valence-electron chi connectivity index (χ2n) is 7.30. The smallest absolute Gasteiger partial charge is 0.236 e. The third-order valence-electron chi connectivity index (χ3n) is 5.55. The van der Waals surface area contributed by atoms with E-state index in [1.165, 1.54) is 0 Å². The molecule has 3 aliphatic heterocycles. The number of para-hydroxylation sites is 1. The summed E-state index contributed by atoms with van der Waals surface area (Å²) in [6, 6.07) is 8.18. The molecule has 3 aliphatic rings. The number of nitrogens with one attached hydrogen (secondary N) is 1. The van der Waals surface area contributed by atoms with Crippen LogP contribution >= 0.6 is 0 Å². The van der Waals surface area contributed by atoms with Gasteiger partial charge in [0, 0.05) is 51.3 Å². The molecule has 1 amide bonds. The zero-order valence-electron chi connectivity index (χ0n) is 14.7. The first-order valence-corrected chi connectivity index (χ1v) is 9.42. The third-order valence-corrected chi connectivity index (χ3v) is 5.55. The predicted molar refractivity (Wildman–Crippen MR) is 98.6 cm³/mol. The van der Waals surface area contributed by atoms with Gasteiger partial charge in [-0.3, -0.25) is 9.69 Å². The number of fused-ring (bicyclic) bond motifs is 1. The number of carbonyl (C=O) groups excluding carboxylic acids is 1. The van der Waals surface area contributed by atoms with E-state index in [0.717, 1.165) is 69.8 Å². The van der Waals surface area contributed by atoms with Crippen molar-refractivity contribution < 1.29 is 9.53 Å². The van der Waals surface area contributed by atoms with Gasteiger partial charge < -0.3 is 15.0 Å². The summed E-state index contributed by atoms with van der Waals surface area (Å²) in [5, 5.41) is 3.33. The number of rotatable bonds is 2. The van der Waals surface area contributed by atoms with Gasteiger partial charge in [-0.25, -0.2) is 0 Å². The molecule has 4 rings (SSSR count). The Morgan fingerprint density at radius 2 is 1.96 bits per heavy atom. The van der Waals surface area contributed by atoms with Gasteiger partial charge in [0.1, 0.15) is 11.4 Å². The SMILES string of the molecule is O=C(CN1CCNCC1)N1CCC[C@]2(C=Cc3ccccc3O2)CC1. The first-order chi connectivity index (χ1) is 12.2. The van der Waals surface area contributed by atoms with Crippen molar-refractivity contribution in [2.45, 2.75) is 24.9 Å². The van der Waals surface area contributed by atoms with Gasteiger partial charge in [0.15, 0.2) is 0 Å². The molecule has 0 bridgehead atoms. The molecular weight excluding hydrogens is 314 g/mol. The van der Waals surface area contributed by atoms with E-state index in [0.29, 0.717) is 6.54 Å². The lowest BCUT2D eigenvalue weighted by Gasteiger charge is -2.34. The second-order valence-corrected chi connectivity index (χ2v) is 7.30. The summed E-state index contributed by atoms with van der Waals surface area (Å²) in [4.78, 5) is 17.0. The summed E-state index contributed by atoms with van der Waals surface area (Å²) in [5.74, 6) is 1.23. The van der Waals surface area contributed by atoms with Crippen molar-refractivity contribution in [2.24, 2.45) is 0 Å². The number of carbonyl (C=O) groups is 1. The summed E-state index contributed by atoms with van der Waals surface area (Å²) in [5.41, 5.74) is 0.891. The number of hydrogen-bond donors (Lipinski definition) is 1. The predicted octanol–water partition coefficient (Wildman–Crippen LogP) is 1.75. The van der Waals surface area contributed by atoms with Gasteiger partial charge in [0.05, 0.1) is 6.54 Å². The van der Waals surface area contributed by atoms with Crippen LogP contribution in [0.2, 0.25) is 0 Å². The quantitative estimate of drug-likeness (QED) is 0.890. The van der Waals surface area contributed by atoms with Crippen molar-refractivity contribution in [3.05, 3.63) is 35.9 Å². The Morgan fingerprint density at radius 1 is 1.12 bits per heavy atom. The zero-order valence-corrected chi connectivity index (χ0v) is 14.7. The maximum Gasteiger partial charge on any atom is 0.236 e. The molecular formula is C20H27N3O2. The molecule has 25 heavy (non-hydrogen) atoms. The fourth-order valence-corrected chi connectivity index (χ4v) is 4.01. The monoisotopic (exact) mass is 341 g/mol. The van der Waals surface area contributed by atoms with Gasteiger partial charge in [-0.15, -0.1) is 0 Å². The summed E-state index contributed by atoms with van der Waals surface area (Å²) < 4.78 is 6.37. The highest BCUT2D eigenvalue weighted by atomic mass is 16.5. The molecule has 1 aromatic rings. The standard InChI is InChI=1S/C20H27N3O2/c24-19(16-22-14-10-21-11-15-22)23-12-3-7-20(9-13-23)8-6-17-4-1-2-5-18(17)25-20/h1-2,4-6,8,21H,3,7,9-16H2/t20-/m0/s1. The number of ether oxygens (including phenoxy) is 1. The van der Waals surface area contributed by atoms with E-state index < -0.39 is 0 Å². The molecule has 1 N–H and O–H groups in total. The lowest BCUT2D eigenvalue weighted by atomic mass is 9.91. The Labute approximate surface area is 149 Å². The fourth-order valence-electron chi connectivity index (χ4n) is 4.01. The van der Waals surface area contributed by atoms with E-state index in [2.05, 4.69) is 28.4 Å². The van der Waals surface area contributed by atoms with Crippen molar-refractivity contribution in [2.75, 3.05) is 45.8 Å². The van der Waals surface area contributed by atoms with E-state index >= 15 is 0 Å². The first-order valence-electron chi connectivity index (χ1n) is 9.42.